The third-order valence-corrected chi connectivity index (χ3v) is 1.52. The van der Waals surface area contributed by atoms with Gasteiger partial charge in [0.15, 0.2) is 0 Å². The van der Waals surface area contributed by atoms with Gasteiger partial charge in [-0.05, 0) is 6.42 Å². The summed E-state index contributed by atoms with van der Waals surface area (Å²) in [6.45, 7) is 3.55. The molecule has 0 N–H and O–H groups in total. The van der Waals surface area contributed by atoms with Crippen LogP contribution < -0.4 is 0 Å². The summed E-state index contributed by atoms with van der Waals surface area (Å²) in [5.41, 5.74) is 0. The minimum atomic E-state index is 1.03. The molecule has 0 bridgehead atoms. The Bertz CT molecular complexity index is 113. The molecule has 38 valence electrons. The van der Waals surface area contributed by atoms with Crippen LogP contribution in [0.2, 0.25) is 0 Å². The summed E-state index contributed by atoms with van der Waals surface area (Å²) in [6.07, 6.45) is 1.37. The van der Waals surface area contributed by atoms with Gasteiger partial charge in [0, 0.05) is 13.1 Å². The largest absolute Gasteiger partial charge is 0.359 e. The van der Waals surface area contributed by atoms with Crippen LogP contribution in [0, 0.1) is 0 Å². The fraction of sp³-hybridized carbons (Fsp3) is 0.800. The summed E-state index contributed by atoms with van der Waals surface area (Å²) in [6, 6.07) is 0. The van der Waals surface area contributed by atoms with E-state index in [1.165, 1.54) is 25.3 Å². The fourth-order valence-electron chi connectivity index (χ4n) is 0.810. The van der Waals surface area contributed by atoms with Gasteiger partial charge in [-0.2, -0.15) is 0 Å². The maximum atomic E-state index is 4.07. The van der Waals surface area contributed by atoms with Crippen LogP contribution in [0.25, 0.3) is 0 Å². The van der Waals surface area contributed by atoms with Crippen molar-refractivity contribution >= 4 is 5.84 Å². The maximum absolute atomic E-state index is 4.07. The van der Waals surface area contributed by atoms with E-state index >= 15 is 0 Å². The van der Waals surface area contributed by atoms with Crippen molar-refractivity contribution in [2.75, 3.05) is 19.6 Å². The van der Waals surface area contributed by atoms with Gasteiger partial charge in [-0.15, -0.1) is 0 Å². The Labute approximate surface area is 42.8 Å². The topological polar surface area (TPSA) is 15.6 Å². The van der Waals surface area contributed by atoms with Crippen molar-refractivity contribution in [3.8, 4) is 0 Å². The highest BCUT2D eigenvalue weighted by Crippen LogP contribution is 2.12. The zero-order valence-corrected chi connectivity index (χ0v) is 4.22. The summed E-state index contributed by atoms with van der Waals surface area (Å²) in [4.78, 5) is 6.40. The van der Waals surface area contributed by atoms with Crippen LogP contribution >= 0.6 is 0 Å². The van der Waals surface area contributed by atoms with Crippen LogP contribution in [-0.4, -0.2) is 30.4 Å². The second-order valence-electron chi connectivity index (χ2n) is 2.07. The molecule has 0 spiro atoms. The molecule has 0 amide bonds. The number of aliphatic imine (C=N–C) groups is 1. The van der Waals surface area contributed by atoms with Gasteiger partial charge < -0.3 is 4.90 Å². The molecule has 0 aromatic rings. The molecule has 0 saturated carbocycles. The van der Waals surface area contributed by atoms with E-state index in [1.807, 2.05) is 0 Å². The maximum Gasteiger partial charge on any atom is 0.121 e. The average Bonchev–Trinajstić information content (AvgIpc) is 2.10. The summed E-state index contributed by atoms with van der Waals surface area (Å²) in [7, 11) is 0. The van der Waals surface area contributed by atoms with E-state index in [1.54, 1.807) is 0 Å². The summed E-state index contributed by atoms with van der Waals surface area (Å²) >= 11 is 0. The SMILES string of the molecule is C1CN(C2=NC2)C1. The van der Waals surface area contributed by atoms with Gasteiger partial charge >= 0.3 is 0 Å². The Morgan fingerprint density at radius 2 is 2.14 bits per heavy atom. The number of rotatable bonds is 0. The normalized spacial score (nSPS) is 26.3. The first-order chi connectivity index (χ1) is 3.47. The second kappa shape index (κ2) is 0.997. The number of likely N-dealkylation sites (tertiary alicyclic amines) is 1. The molecule has 2 heteroatoms. The Balaban J connectivity index is 1.95. The molecule has 0 aliphatic carbocycles. The third-order valence-electron chi connectivity index (χ3n) is 1.52. The Kier molecular flexibility index (Phi) is 0.494. The Hall–Kier alpha value is -0.530. The van der Waals surface area contributed by atoms with E-state index in [0.717, 1.165) is 6.54 Å². The highest BCUT2D eigenvalue weighted by atomic mass is 15.3. The van der Waals surface area contributed by atoms with Gasteiger partial charge in [0.2, 0.25) is 0 Å². The predicted octanol–water partition coefficient (Wildman–Crippen LogP) is 0.104. The molecule has 7 heavy (non-hydrogen) atoms. The van der Waals surface area contributed by atoms with E-state index in [2.05, 4.69) is 9.89 Å². The van der Waals surface area contributed by atoms with E-state index in [0.29, 0.717) is 0 Å². The highest BCUT2D eigenvalue weighted by molar-refractivity contribution is 5.95. The summed E-state index contributed by atoms with van der Waals surface area (Å²) in [5, 5.41) is 0. The highest BCUT2D eigenvalue weighted by Gasteiger charge is 2.23. The lowest BCUT2D eigenvalue weighted by Crippen LogP contribution is -2.38. The molecule has 0 unspecified atom stereocenters. The van der Waals surface area contributed by atoms with E-state index < -0.39 is 0 Å². The van der Waals surface area contributed by atoms with Crippen LogP contribution in [0.1, 0.15) is 6.42 Å². The molecule has 0 aromatic carbocycles. The number of hydrogen-bond donors (Lipinski definition) is 0. The van der Waals surface area contributed by atoms with Crippen molar-refractivity contribution in [3.05, 3.63) is 0 Å². The smallest absolute Gasteiger partial charge is 0.121 e. The van der Waals surface area contributed by atoms with Gasteiger partial charge in [-0.25, -0.2) is 0 Å². The lowest BCUT2D eigenvalue weighted by Gasteiger charge is -2.28. The molecule has 1 saturated heterocycles. The van der Waals surface area contributed by atoms with Gasteiger partial charge in [0.05, 0.1) is 6.54 Å². The fourth-order valence-corrected chi connectivity index (χ4v) is 0.810. The lowest BCUT2D eigenvalue weighted by molar-refractivity contribution is 0.305. The van der Waals surface area contributed by atoms with Crippen LogP contribution in [0.5, 0.6) is 0 Å². The van der Waals surface area contributed by atoms with Crippen LogP contribution in [0.3, 0.4) is 0 Å². The molecule has 0 atom stereocenters. The second-order valence-corrected chi connectivity index (χ2v) is 2.07. The minimum Gasteiger partial charge on any atom is -0.359 e. The quantitative estimate of drug-likeness (QED) is 0.417. The third kappa shape index (κ3) is 0.424. The molecule has 0 radical (unpaired) electrons. The van der Waals surface area contributed by atoms with Gasteiger partial charge in [0.1, 0.15) is 5.84 Å². The molecular formula is C5H8N2. The number of amidine groups is 1. The van der Waals surface area contributed by atoms with Crippen molar-refractivity contribution in [1.29, 1.82) is 0 Å². The molecule has 1 fully saturated rings. The predicted molar refractivity (Wildman–Crippen MR) is 28.5 cm³/mol. The molecule has 2 aliphatic heterocycles. The van der Waals surface area contributed by atoms with Crippen molar-refractivity contribution in [3.63, 3.8) is 0 Å². The minimum absolute atomic E-state index is 1.03. The Morgan fingerprint density at radius 3 is 2.29 bits per heavy atom. The zero-order valence-electron chi connectivity index (χ0n) is 4.22. The van der Waals surface area contributed by atoms with Gasteiger partial charge in [-0.1, -0.05) is 0 Å². The lowest BCUT2D eigenvalue weighted by atomic mass is 10.2. The average molecular weight is 96.1 g/mol. The van der Waals surface area contributed by atoms with Gasteiger partial charge in [-0.3, -0.25) is 4.99 Å². The van der Waals surface area contributed by atoms with E-state index in [9.17, 15) is 0 Å². The molecule has 2 aliphatic rings. The summed E-state index contributed by atoms with van der Waals surface area (Å²) in [5.74, 6) is 1.34. The van der Waals surface area contributed by atoms with Crippen LogP contribution in [0.4, 0.5) is 0 Å². The number of hydrogen-bond acceptors (Lipinski definition) is 2. The Morgan fingerprint density at radius 1 is 1.43 bits per heavy atom. The first-order valence-electron chi connectivity index (χ1n) is 2.75. The molecule has 0 aromatic heterocycles. The number of nitrogens with zero attached hydrogens (tertiary/aromatic N) is 2. The zero-order chi connectivity index (χ0) is 4.69. The van der Waals surface area contributed by atoms with Gasteiger partial charge in [0.25, 0.3) is 0 Å². The first-order valence-corrected chi connectivity index (χ1v) is 2.75. The van der Waals surface area contributed by atoms with E-state index in [4.69, 9.17) is 0 Å². The molecule has 2 nitrogen and oxygen atoms in total. The van der Waals surface area contributed by atoms with Crippen molar-refractivity contribution in [2.24, 2.45) is 4.99 Å². The standard InChI is InChI=1S/C5H8N2/c1-2-7(3-1)5-4-6-5/h1-4H2. The van der Waals surface area contributed by atoms with Crippen molar-refractivity contribution < 1.29 is 0 Å². The van der Waals surface area contributed by atoms with Crippen LogP contribution in [0.15, 0.2) is 4.99 Å². The monoisotopic (exact) mass is 96.1 g/mol. The first kappa shape index (κ1) is 3.47. The van der Waals surface area contributed by atoms with Crippen molar-refractivity contribution in [2.45, 2.75) is 6.42 Å². The van der Waals surface area contributed by atoms with Crippen LogP contribution in [-0.2, 0) is 0 Å². The molecule has 2 rings (SSSR count). The van der Waals surface area contributed by atoms with E-state index in [-0.39, 0.29) is 0 Å². The molecule has 2 heterocycles. The van der Waals surface area contributed by atoms with Crippen molar-refractivity contribution in [1.82, 2.24) is 4.90 Å². The summed E-state index contributed by atoms with van der Waals surface area (Å²) < 4.78 is 0. The molecular weight excluding hydrogens is 88.1 g/mol.